The molecule has 0 spiro atoms. The molecular formula is C24H25N3O2S2. The van der Waals surface area contributed by atoms with Crippen LogP contribution >= 0.6 is 23.1 Å². The predicted octanol–water partition coefficient (Wildman–Crippen LogP) is 5.87. The number of aromatic nitrogens is 1. The molecule has 160 valence electrons. The summed E-state index contributed by atoms with van der Waals surface area (Å²) in [7, 11) is 1.64. The van der Waals surface area contributed by atoms with E-state index in [1.165, 1.54) is 16.6 Å². The zero-order valence-corrected chi connectivity index (χ0v) is 19.6. The Morgan fingerprint density at radius 3 is 2.94 bits per heavy atom. The van der Waals surface area contributed by atoms with Gasteiger partial charge in [-0.25, -0.2) is 4.98 Å². The Bertz CT molecular complexity index is 1180. The summed E-state index contributed by atoms with van der Waals surface area (Å²) in [5.41, 5.74) is 3.69. The Morgan fingerprint density at radius 1 is 1.39 bits per heavy atom. The van der Waals surface area contributed by atoms with Crippen molar-refractivity contribution in [3.63, 3.8) is 0 Å². The molecular weight excluding hydrogens is 426 g/mol. The van der Waals surface area contributed by atoms with Gasteiger partial charge in [0, 0.05) is 10.3 Å². The first-order valence-corrected chi connectivity index (χ1v) is 12.2. The molecule has 5 nitrogen and oxygen atoms in total. The highest BCUT2D eigenvalue weighted by Crippen LogP contribution is 2.38. The van der Waals surface area contributed by atoms with Crippen molar-refractivity contribution in [3.8, 4) is 11.8 Å². The fraction of sp³-hybridized carbons (Fsp3) is 0.375. The number of thioether (sulfide) groups is 1. The van der Waals surface area contributed by atoms with Gasteiger partial charge in [0.05, 0.1) is 22.9 Å². The molecule has 1 N–H and O–H groups in total. The fourth-order valence-electron chi connectivity index (χ4n) is 4.02. The maximum atomic E-state index is 13.1. The summed E-state index contributed by atoms with van der Waals surface area (Å²) in [6.07, 6.45) is 4.84. The number of fused-ring (bicyclic) bond motifs is 2. The van der Waals surface area contributed by atoms with Crippen molar-refractivity contribution in [3.05, 3.63) is 45.8 Å². The third-order valence-electron chi connectivity index (χ3n) is 5.65. The minimum absolute atomic E-state index is 0.0813. The van der Waals surface area contributed by atoms with Crippen molar-refractivity contribution < 1.29 is 9.53 Å². The minimum Gasteiger partial charge on any atom is -0.494 e. The lowest BCUT2D eigenvalue weighted by Crippen LogP contribution is -2.24. The lowest BCUT2D eigenvalue weighted by molar-refractivity contribution is -0.115. The molecule has 1 aromatic carbocycles. The Labute approximate surface area is 190 Å². The lowest BCUT2D eigenvalue weighted by atomic mass is 9.96. The van der Waals surface area contributed by atoms with Crippen LogP contribution in [0.2, 0.25) is 0 Å². The molecule has 31 heavy (non-hydrogen) atoms. The second-order valence-corrected chi connectivity index (χ2v) is 9.99. The summed E-state index contributed by atoms with van der Waals surface area (Å²) in [6.45, 7) is 4.04. The number of hydrogen-bond acceptors (Lipinski definition) is 6. The highest BCUT2D eigenvalue weighted by Gasteiger charge is 2.25. The van der Waals surface area contributed by atoms with Crippen LogP contribution in [-0.4, -0.2) is 23.3 Å². The summed E-state index contributed by atoms with van der Waals surface area (Å²) in [5.74, 6) is 0.644. The second-order valence-electron chi connectivity index (χ2n) is 7.66. The van der Waals surface area contributed by atoms with Gasteiger partial charge in [-0.05, 0) is 62.3 Å². The summed E-state index contributed by atoms with van der Waals surface area (Å²) in [6, 6.07) is 10.2. The van der Waals surface area contributed by atoms with Gasteiger partial charge in [-0.1, -0.05) is 30.8 Å². The smallest absolute Gasteiger partial charge is 0.238 e. The van der Waals surface area contributed by atoms with Gasteiger partial charge in [0.25, 0.3) is 0 Å². The summed E-state index contributed by atoms with van der Waals surface area (Å²) >= 11 is 3.02. The highest BCUT2D eigenvalue weighted by molar-refractivity contribution is 8.00. The van der Waals surface area contributed by atoms with Crippen LogP contribution in [0.25, 0.3) is 10.9 Å². The number of rotatable bonds is 6. The molecule has 0 saturated heterocycles. The number of ether oxygens (including phenoxy) is 1. The maximum absolute atomic E-state index is 13.1. The number of anilines is 1. The molecule has 0 fully saturated rings. The number of amides is 1. The van der Waals surface area contributed by atoms with E-state index < -0.39 is 0 Å². The molecule has 0 radical (unpaired) electrons. The van der Waals surface area contributed by atoms with Gasteiger partial charge >= 0.3 is 0 Å². The van der Waals surface area contributed by atoms with Gasteiger partial charge in [-0.2, -0.15) is 5.26 Å². The average Bonchev–Trinajstić information content (AvgIpc) is 3.13. The number of para-hydroxylation sites is 1. The lowest BCUT2D eigenvalue weighted by Gasteiger charge is -2.15. The van der Waals surface area contributed by atoms with Crippen molar-refractivity contribution in [1.29, 1.82) is 5.26 Å². The van der Waals surface area contributed by atoms with Crippen molar-refractivity contribution in [1.82, 2.24) is 4.98 Å². The number of carbonyl (C=O) groups excluding carboxylic acids is 1. The van der Waals surface area contributed by atoms with Gasteiger partial charge in [0.1, 0.15) is 22.3 Å². The first-order valence-electron chi connectivity index (χ1n) is 10.5. The van der Waals surface area contributed by atoms with Crippen molar-refractivity contribution in [2.45, 2.75) is 56.2 Å². The average molecular weight is 452 g/mol. The van der Waals surface area contributed by atoms with Crippen LogP contribution in [-0.2, 0) is 17.6 Å². The maximum Gasteiger partial charge on any atom is 0.238 e. The van der Waals surface area contributed by atoms with Crippen LogP contribution in [0.5, 0.6) is 5.75 Å². The molecule has 7 heteroatoms. The van der Waals surface area contributed by atoms with E-state index >= 15 is 0 Å². The van der Waals surface area contributed by atoms with Crippen LogP contribution in [0.15, 0.2) is 29.3 Å². The number of methoxy groups -OCH3 is 1. The van der Waals surface area contributed by atoms with E-state index in [1.807, 2.05) is 38.1 Å². The van der Waals surface area contributed by atoms with Gasteiger partial charge in [-0.15, -0.1) is 11.3 Å². The minimum atomic E-state index is -0.301. The molecule has 2 heterocycles. The second kappa shape index (κ2) is 9.29. The molecule has 0 bridgehead atoms. The van der Waals surface area contributed by atoms with Gasteiger partial charge in [0.15, 0.2) is 0 Å². The largest absolute Gasteiger partial charge is 0.494 e. The van der Waals surface area contributed by atoms with E-state index in [-0.39, 0.29) is 11.2 Å². The third-order valence-corrected chi connectivity index (χ3v) is 8.14. The summed E-state index contributed by atoms with van der Waals surface area (Å²) in [4.78, 5) is 19.1. The number of nitrogens with one attached hydrogen (secondary N) is 1. The van der Waals surface area contributed by atoms with Crippen LogP contribution in [0.1, 0.15) is 47.8 Å². The number of nitriles is 1. The molecule has 3 aromatic rings. The molecule has 4 rings (SSSR count). The number of benzene rings is 1. The van der Waals surface area contributed by atoms with Crippen LogP contribution in [0.3, 0.4) is 0 Å². The van der Waals surface area contributed by atoms with Crippen molar-refractivity contribution in [2.75, 3.05) is 12.4 Å². The number of hydrogen-bond donors (Lipinski definition) is 1. The van der Waals surface area contributed by atoms with Crippen LogP contribution < -0.4 is 10.1 Å². The molecule has 1 atom stereocenters. The summed E-state index contributed by atoms with van der Waals surface area (Å²) in [5, 5.41) is 14.9. The van der Waals surface area contributed by atoms with Crippen molar-refractivity contribution >= 4 is 44.9 Å². The fourth-order valence-corrected chi connectivity index (χ4v) is 6.27. The molecule has 1 aliphatic rings. The molecule has 2 aromatic heterocycles. The quantitative estimate of drug-likeness (QED) is 0.474. The zero-order chi connectivity index (χ0) is 22.0. The van der Waals surface area contributed by atoms with E-state index in [1.54, 1.807) is 18.4 Å². The van der Waals surface area contributed by atoms with Crippen LogP contribution in [0, 0.1) is 18.3 Å². The molecule has 1 aliphatic carbocycles. The Kier molecular flexibility index (Phi) is 6.49. The number of aryl methyl sites for hydroxylation is 2. The van der Waals surface area contributed by atoms with Crippen molar-refractivity contribution in [2.24, 2.45) is 0 Å². The van der Waals surface area contributed by atoms with Crippen LogP contribution in [0.4, 0.5) is 5.00 Å². The standard InChI is InChI=1S/C24H25N3O2S2/c1-4-19(23(28)27-24-17(13-25)16-8-5-6-11-20(16)31-24)30-21-12-14(2)15-9-7-10-18(29-3)22(15)26-21/h7,9-10,12,19H,4-6,8,11H2,1-3H3,(H,27,28). The normalized spacial score (nSPS) is 14.0. The Balaban J connectivity index is 1.58. The van der Waals surface area contributed by atoms with Gasteiger partial charge in [-0.3, -0.25) is 4.79 Å². The zero-order valence-electron chi connectivity index (χ0n) is 17.9. The molecule has 0 aliphatic heterocycles. The monoisotopic (exact) mass is 451 g/mol. The highest BCUT2D eigenvalue weighted by atomic mass is 32.2. The first kappa shape index (κ1) is 21.7. The Morgan fingerprint density at radius 2 is 2.19 bits per heavy atom. The summed E-state index contributed by atoms with van der Waals surface area (Å²) < 4.78 is 5.48. The van der Waals surface area contributed by atoms with E-state index in [0.717, 1.165) is 58.5 Å². The Hall–Kier alpha value is -2.56. The first-order chi connectivity index (χ1) is 15.0. The number of carbonyl (C=O) groups is 1. The number of pyridine rings is 1. The van der Waals surface area contributed by atoms with E-state index in [4.69, 9.17) is 9.72 Å². The van der Waals surface area contributed by atoms with E-state index in [9.17, 15) is 10.1 Å². The number of thiophene rings is 1. The van der Waals surface area contributed by atoms with Gasteiger partial charge < -0.3 is 10.1 Å². The third kappa shape index (κ3) is 4.28. The number of nitrogens with zero attached hydrogens (tertiary/aromatic N) is 2. The predicted molar refractivity (Wildman–Crippen MR) is 127 cm³/mol. The topological polar surface area (TPSA) is 75.0 Å². The van der Waals surface area contributed by atoms with E-state index in [2.05, 4.69) is 11.4 Å². The SMILES string of the molecule is CCC(Sc1cc(C)c2cccc(OC)c2n1)C(=O)Nc1sc2c(c1C#N)CCCC2. The molecule has 0 saturated carbocycles. The van der Waals surface area contributed by atoms with Gasteiger partial charge in [0.2, 0.25) is 5.91 Å². The van der Waals surface area contributed by atoms with E-state index in [0.29, 0.717) is 17.0 Å². The molecule has 1 amide bonds. The molecule has 1 unspecified atom stereocenters.